The van der Waals surface area contributed by atoms with Crippen molar-refractivity contribution in [2.24, 2.45) is 0 Å². The fraction of sp³-hybridized carbons (Fsp3) is 0.256. The number of halogens is 2. The van der Waals surface area contributed by atoms with E-state index in [1.165, 1.54) is 22.6 Å². The maximum atomic E-state index is 13.2. The molecule has 0 radical (unpaired) electrons. The van der Waals surface area contributed by atoms with E-state index in [0.717, 1.165) is 62.4 Å². The van der Waals surface area contributed by atoms with Crippen LogP contribution in [0.4, 0.5) is 0 Å². The molecule has 10 rings (SSSR count). The van der Waals surface area contributed by atoms with E-state index in [-0.39, 0.29) is 24.4 Å². The first-order chi connectivity index (χ1) is 28.6. The second kappa shape index (κ2) is 19.2. The summed E-state index contributed by atoms with van der Waals surface area (Å²) in [5.74, 6) is 4.19. The predicted octanol–water partition coefficient (Wildman–Crippen LogP) is 11.5. The summed E-state index contributed by atoms with van der Waals surface area (Å²) in [5, 5.41) is 27.1. The van der Waals surface area contributed by atoms with E-state index in [9.17, 15) is 9.59 Å². The first-order valence-electron chi connectivity index (χ1n) is 19.1. The molecule has 8 heterocycles. The van der Waals surface area contributed by atoms with Gasteiger partial charge in [-0.1, -0.05) is 43.3 Å². The van der Waals surface area contributed by atoms with Gasteiger partial charge in [0.2, 0.25) is 0 Å². The van der Waals surface area contributed by atoms with Gasteiger partial charge in [0, 0.05) is 57.2 Å². The lowest BCUT2D eigenvalue weighted by Gasteiger charge is -2.33. The zero-order valence-corrected chi connectivity index (χ0v) is 38.0. The van der Waals surface area contributed by atoms with E-state index in [0.29, 0.717) is 30.1 Å². The van der Waals surface area contributed by atoms with Gasteiger partial charge in [-0.3, -0.25) is 9.59 Å². The number of hydrogen-bond donors (Lipinski definition) is 0. The summed E-state index contributed by atoms with van der Waals surface area (Å²) in [7, 11) is 0. The number of carbonyl (C=O) groups is 2. The number of amides is 1. The van der Waals surface area contributed by atoms with E-state index >= 15 is 0 Å². The molecule has 2 atom stereocenters. The van der Waals surface area contributed by atoms with Crippen LogP contribution in [0.15, 0.2) is 94.3 Å². The first kappa shape index (κ1) is 43.2. The zero-order valence-electron chi connectivity index (χ0n) is 33.2. The molecule has 308 valence electrons. The maximum Gasteiger partial charge on any atom is 0.254 e. The molecule has 11 nitrogen and oxygen atoms in total. The smallest absolute Gasteiger partial charge is 0.254 e. The summed E-state index contributed by atoms with van der Waals surface area (Å²) in [6.45, 7) is 10.5. The van der Waals surface area contributed by atoms with E-state index in [1.54, 1.807) is 57.5 Å². The summed E-state index contributed by atoms with van der Waals surface area (Å²) in [4.78, 5) is 37.3. The number of benzene rings is 2. The Bertz CT molecular complexity index is 2670. The normalized spacial score (nSPS) is 15.4. The van der Waals surface area contributed by atoms with Gasteiger partial charge in [0.15, 0.2) is 17.5 Å². The Morgan fingerprint density at radius 1 is 0.650 bits per heavy atom. The number of hydrogen-bond acceptors (Lipinski definition) is 12. The number of aryl methyl sites for hydroxylation is 2. The SMILES string of the molecule is Cc1nc(-c2nnc3n2CCC[C@@H]3C)cs1.Cc1nc(-c2nnc3n2CCN(C(=O)c2ccc(-c4cccs4)cc2)[C@@H]3C)cs1.Cl.O=C(Cl)c1ccc(-c2cccs2)cc1. The number of aromatic nitrogens is 8. The molecular formula is C43H41Cl2N9O2S4. The highest BCUT2D eigenvalue weighted by molar-refractivity contribution is 7.13. The minimum absolute atomic E-state index is 0. The highest BCUT2D eigenvalue weighted by Gasteiger charge is 2.32. The zero-order chi connectivity index (χ0) is 41.0. The van der Waals surface area contributed by atoms with Gasteiger partial charge >= 0.3 is 0 Å². The lowest BCUT2D eigenvalue weighted by atomic mass is 10.0. The highest BCUT2D eigenvalue weighted by atomic mass is 35.5. The van der Waals surface area contributed by atoms with Crippen LogP contribution in [-0.4, -0.2) is 62.1 Å². The monoisotopic (exact) mass is 913 g/mol. The molecule has 0 spiro atoms. The van der Waals surface area contributed by atoms with Crippen molar-refractivity contribution in [3.63, 3.8) is 0 Å². The fourth-order valence-corrected chi connectivity index (χ4v) is 9.93. The second-order valence-corrected chi connectivity index (χ2v) is 18.5. The molecule has 0 saturated heterocycles. The number of fused-ring (bicyclic) bond motifs is 2. The standard InChI is InChI=1S/C21H19N5OS2.C11H7ClOS.C11H14N4S.ClH/c1-13-19-23-24-20(17-12-29-14(2)22-17)26(19)10-9-25(13)21(27)16-7-5-15(6-8-16)18-4-3-11-28-18;12-11(13)9-5-3-8(4-6-9)10-2-1-7-14-10;1-7-4-3-5-15-10(7)13-14-11(15)9-6-16-8(2)12-9;/h3-8,11-13H,9-10H2,1-2H3;1-7H;6-7H,3-5H2,1-2H3;1H/t13-;;7-;/m1.0./s1. The van der Waals surface area contributed by atoms with Gasteiger partial charge in [0.05, 0.1) is 16.1 Å². The molecule has 1 amide bonds. The lowest BCUT2D eigenvalue weighted by molar-refractivity contribution is 0.0638. The molecule has 60 heavy (non-hydrogen) atoms. The second-order valence-electron chi connectivity index (χ2n) is 14.2. The molecule has 0 bridgehead atoms. The minimum Gasteiger partial charge on any atom is -0.327 e. The first-order valence-corrected chi connectivity index (χ1v) is 23.0. The molecule has 2 aliphatic rings. The number of thiophene rings is 2. The van der Waals surface area contributed by atoms with Gasteiger partial charge in [-0.05, 0) is 103 Å². The van der Waals surface area contributed by atoms with E-state index in [4.69, 9.17) is 11.6 Å². The Morgan fingerprint density at radius 3 is 1.65 bits per heavy atom. The van der Waals surface area contributed by atoms with Crippen LogP contribution in [0.3, 0.4) is 0 Å². The van der Waals surface area contributed by atoms with Crippen LogP contribution in [0.1, 0.15) is 81.0 Å². The van der Waals surface area contributed by atoms with Crippen LogP contribution in [0.2, 0.25) is 0 Å². The Morgan fingerprint density at radius 2 is 1.17 bits per heavy atom. The Balaban J connectivity index is 0.000000148. The summed E-state index contributed by atoms with van der Waals surface area (Å²) in [6, 6.07) is 23.2. The molecule has 0 saturated carbocycles. The van der Waals surface area contributed by atoms with E-state index in [2.05, 4.69) is 63.2 Å². The molecule has 17 heteroatoms. The maximum absolute atomic E-state index is 13.2. The number of carbonyl (C=O) groups excluding carboxylic acids is 2. The van der Waals surface area contributed by atoms with Gasteiger partial charge in [-0.15, -0.1) is 78.1 Å². The van der Waals surface area contributed by atoms with Crippen molar-refractivity contribution < 1.29 is 9.59 Å². The van der Waals surface area contributed by atoms with E-state index in [1.807, 2.05) is 91.0 Å². The van der Waals surface area contributed by atoms with Crippen LogP contribution in [0.25, 0.3) is 43.9 Å². The van der Waals surface area contributed by atoms with Crippen LogP contribution in [0, 0.1) is 13.8 Å². The minimum atomic E-state index is -0.414. The van der Waals surface area contributed by atoms with Crippen molar-refractivity contribution in [3.05, 3.63) is 127 Å². The molecule has 0 fully saturated rings. The summed E-state index contributed by atoms with van der Waals surface area (Å²) in [5.41, 5.74) is 5.29. The molecule has 0 N–H and O–H groups in total. The number of nitrogens with zero attached hydrogens (tertiary/aromatic N) is 9. The molecule has 0 unspecified atom stereocenters. The topological polar surface area (TPSA) is 125 Å². The average molecular weight is 915 g/mol. The van der Waals surface area contributed by atoms with Gasteiger partial charge in [0.1, 0.15) is 17.2 Å². The lowest BCUT2D eigenvalue weighted by Crippen LogP contribution is -2.41. The third-order valence-electron chi connectivity index (χ3n) is 10.2. The highest BCUT2D eigenvalue weighted by Crippen LogP contribution is 2.32. The van der Waals surface area contributed by atoms with Crippen LogP contribution in [0.5, 0.6) is 0 Å². The molecule has 6 aromatic heterocycles. The Kier molecular flexibility index (Phi) is 13.8. The van der Waals surface area contributed by atoms with Crippen molar-refractivity contribution in [2.75, 3.05) is 6.54 Å². The Labute approximate surface area is 375 Å². The molecular weight excluding hydrogens is 874 g/mol. The molecule has 8 aromatic rings. The van der Waals surface area contributed by atoms with Crippen molar-refractivity contribution in [1.29, 1.82) is 0 Å². The number of rotatable bonds is 6. The third kappa shape index (κ3) is 9.36. The summed E-state index contributed by atoms with van der Waals surface area (Å²) < 4.78 is 4.31. The quantitative estimate of drug-likeness (QED) is 0.151. The van der Waals surface area contributed by atoms with Gasteiger partial charge < -0.3 is 14.0 Å². The van der Waals surface area contributed by atoms with Crippen molar-refractivity contribution >= 4 is 80.5 Å². The van der Waals surface area contributed by atoms with Crippen molar-refractivity contribution in [2.45, 2.75) is 65.6 Å². The summed E-state index contributed by atoms with van der Waals surface area (Å²) in [6.07, 6.45) is 2.43. The van der Waals surface area contributed by atoms with Crippen LogP contribution < -0.4 is 0 Å². The van der Waals surface area contributed by atoms with E-state index < -0.39 is 5.24 Å². The van der Waals surface area contributed by atoms with Gasteiger partial charge in [0.25, 0.3) is 11.1 Å². The molecule has 0 aliphatic carbocycles. The largest absolute Gasteiger partial charge is 0.327 e. The van der Waals surface area contributed by atoms with Gasteiger partial charge in [-0.25, -0.2) is 9.97 Å². The van der Waals surface area contributed by atoms with Crippen LogP contribution in [-0.2, 0) is 13.1 Å². The summed E-state index contributed by atoms with van der Waals surface area (Å²) >= 11 is 12.0. The van der Waals surface area contributed by atoms with Gasteiger partial charge in [-0.2, -0.15) is 0 Å². The number of thiazole rings is 2. The predicted molar refractivity (Wildman–Crippen MR) is 246 cm³/mol. The third-order valence-corrected chi connectivity index (χ3v) is 13.8. The molecule has 2 aliphatic heterocycles. The fourth-order valence-electron chi connectivity index (χ4n) is 7.15. The Hall–Kier alpha value is -4.90. The average Bonchev–Trinajstić information content (AvgIpc) is 4.10. The van der Waals surface area contributed by atoms with Crippen molar-refractivity contribution in [3.8, 4) is 43.9 Å². The molecule has 2 aromatic carbocycles. The van der Waals surface area contributed by atoms with Crippen molar-refractivity contribution in [1.82, 2.24) is 44.4 Å². The van der Waals surface area contributed by atoms with Crippen LogP contribution >= 0.6 is 69.4 Å².